The fourth-order valence-corrected chi connectivity index (χ4v) is 4.80. The van der Waals surface area contributed by atoms with E-state index >= 15 is 0 Å². The van der Waals surface area contributed by atoms with E-state index in [0.717, 1.165) is 23.8 Å². The first-order chi connectivity index (χ1) is 10.3. The molecule has 3 saturated heterocycles. The Bertz CT molecular complexity index is 351. The lowest BCUT2D eigenvalue weighted by Crippen LogP contribution is -2.43. The van der Waals surface area contributed by atoms with Crippen molar-refractivity contribution in [3.05, 3.63) is 0 Å². The number of hydrogen-bond donors (Lipinski definition) is 0. The largest absolute Gasteiger partial charge is 0.302 e. The Kier molecular flexibility index (Phi) is 4.87. The van der Waals surface area contributed by atoms with E-state index in [9.17, 15) is 0 Å². The van der Waals surface area contributed by atoms with Crippen molar-refractivity contribution in [3.8, 4) is 0 Å². The van der Waals surface area contributed by atoms with Gasteiger partial charge in [-0.25, -0.2) is 0 Å². The van der Waals surface area contributed by atoms with Gasteiger partial charge < -0.3 is 9.80 Å². The summed E-state index contributed by atoms with van der Waals surface area (Å²) in [6.07, 6.45) is 2.83. The second kappa shape index (κ2) is 6.41. The van der Waals surface area contributed by atoms with E-state index in [4.69, 9.17) is 0 Å². The molecule has 3 rings (SSSR count). The van der Waals surface area contributed by atoms with E-state index in [1.807, 2.05) is 0 Å². The minimum atomic E-state index is 0.360. The average molecular weight is 308 g/mol. The van der Waals surface area contributed by atoms with E-state index in [-0.39, 0.29) is 0 Å². The van der Waals surface area contributed by atoms with Crippen molar-refractivity contribution >= 4 is 0 Å². The van der Waals surface area contributed by atoms with Gasteiger partial charge in [0.1, 0.15) is 0 Å². The van der Waals surface area contributed by atoms with Crippen LogP contribution in [0.3, 0.4) is 0 Å². The zero-order valence-electron chi connectivity index (χ0n) is 15.5. The van der Waals surface area contributed by atoms with Crippen LogP contribution >= 0.6 is 0 Å². The lowest BCUT2D eigenvalue weighted by atomic mass is 9.95. The molecule has 128 valence electrons. The van der Waals surface area contributed by atoms with Gasteiger partial charge in [0.15, 0.2) is 0 Å². The third kappa shape index (κ3) is 3.68. The maximum absolute atomic E-state index is 2.80. The van der Waals surface area contributed by atoms with Crippen molar-refractivity contribution in [3.63, 3.8) is 0 Å². The summed E-state index contributed by atoms with van der Waals surface area (Å²) in [6.45, 7) is 21.2. The van der Waals surface area contributed by atoms with Crippen LogP contribution in [0.25, 0.3) is 0 Å². The first kappa shape index (κ1) is 16.7. The second-order valence-electron chi connectivity index (χ2n) is 9.39. The van der Waals surface area contributed by atoms with Gasteiger partial charge in [-0.1, -0.05) is 0 Å². The standard InChI is InChI=1S/C19H37N3/c1-15(2)21-8-6-16(7-9-21)10-20-11-17-13-22(19(3,4)5)14-18(17)12-20/h15-18H,6-14H2,1-5H3/t17-,18+. The van der Waals surface area contributed by atoms with Gasteiger partial charge in [0, 0.05) is 44.3 Å². The Balaban J connectivity index is 1.43. The Hall–Kier alpha value is -0.120. The summed E-state index contributed by atoms with van der Waals surface area (Å²) in [5, 5.41) is 0. The van der Waals surface area contributed by atoms with Crippen molar-refractivity contribution in [2.75, 3.05) is 45.8 Å². The molecule has 0 unspecified atom stereocenters. The van der Waals surface area contributed by atoms with E-state index < -0.39 is 0 Å². The second-order valence-corrected chi connectivity index (χ2v) is 9.39. The van der Waals surface area contributed by atoms with Crippen LogP contribution in [0.4, 0.5) is 0 Å². The molecular formula is C19H37N3. The highest BCUT2D eigenvalue weighted by Crippen LogP contribution is 2.35. The predicted octanol–water partition coefficient (Wildman–Crippen LogP) is 2.77. The maximum atomic E-state index is 2.80. The molecular weight excluding hydrogens is 270 g/mol. The first-order valence-corrected chi connectivity index (χ1v) is 9.54. The molecule has 0 aromatic heterocycles. The topological polar surface area (TPSA) is 9.72 Å². The van der Waals surface area contributed by atoms with Crippen molar-refractivity contribution in [1.29, 1.82) is 0 Å². The summed E-state index contributed by atoms with van der Waals surface area (Å²) >= 11 is 0. The Morgan fingerprint density at radius 1 is 0.909 bits per heavy atom. The smallest absolute Gasteiger partial charge is 0.0125 e. The number of hydrogen-bond acceptors (Lipinski definition) is 3. The van der Waals surface area contributed by atoms with Crippen LogP contribution in [-0.4, -0.2) is 72.1 Å². The summed E-state index contributed by atoms with van der Waals surface area (Å²) in [4.78, 5) is 8.16. The zero-order valence-corrected chi connectivity index (χ0v) is 15.5. The molecule has 0 aliphatic carbocycles. The molecule has 0 N–H and O–H groups in total. The highest BCUT2D eigenvalue weighted by Gasteiger charge is 2.43. The number of piperidine rings is 1. The molecule has 3 nitrogen and oxygen atoms in total. The highest BCUT2D eigenvalue weighted by atomic mass is 15.3. The fraction of sp³-hybridized carbons (Fsp3) is 1.00. The minimum absolute atomic E-state index is 0.360. The monoisotopic (exact) mass is 307 g/mol. The molecule has 3 heteroatoms. The van der Waals surface area contributed by atoms with Gasteiger partial charge in [-0.05, 0) is 78.3 Å². The molecule has 0 aromatic rings. The maximum Gasteiger partial charge on any atom is 0.0125 e. The quantitative estimate of drug-likeness (QED) is 0.794. The van der Waals surface area contributed by atoms with Crippen LogP contribution in [0.2, 0.25) is 0 Å². The molecule has 22 heavy (non-hydrogen) atoms. The van der Waals surface area contributed by atoms with Crippen LogP contribution in [0.5, 0.6) is 0 Å². The summed E-state index contributed by atoms with van der Waals surface area (Å²) in [5.41, 5.74) is 0.360. The van der Waals surface area contributed by atoms with Crippen LogP contribution in [0, 0.1) is 17.8 Å². The van der Waals surface area contributed by atoms with Gasteiger partial charge in [0.2, 0.25) is 0 Å². The number of fused-ring (bicyclic) bond motifs is 1. The fourth-order valence-electron chi connectivity index (χ4n) is 4.80. The minimum Gasteiger partial charge on any atom is -0.302 e. The summed E-state index contributed by atoms with van der Waals surface area (Å²) in [5.74, 6) is 2.83. The normalized spacial score (nSPS) is 33.0. The Labute approximate surface area is 138 Å². The van der Waals surface area contributed by atoms with E-state index in [2.05, 4.69) is 49.3 Å². The lowest BCUT2D eigenvalue weighted by Gasteiger charge is -2.37. The summed E-state index contributed by atoms with van der Waals surface area (Å²) in [7, 11) is 0. The summed E-state index contributed by atoms with van der Waals surface area (Å²) < 4.78 is 0. The van der Waals surface area contributed by atoms with Crippen molar-refractivity contribution in [1.82, 2.24) is 14.7 Å². The predicted molar refractivity (Wildman–Crippen MR) is 94.2 cm³/mol. The molecule has 3 fully saturated rings. The Morgan fingerprint density at radius 2 is 1.45 bits per heavy atom. The van der Waals surface area contributed by atoms with Gasteiger partial charge in [-0.2, -0.15) is 0 Å². The SMILES string of the molecule is CC(C)N1CCC(CN2C[C@@H]3CN(C(C)(C)C)C[C@@H]3C2)CC1. The molecule has 0 bridgehead atoms. The van der Waals surface area contributed by atoms with Crippen molar-refractivity contribution in [2.24, 2.45) is 17.8 Å². The zero-order chi connectivity index (χ0) is 15.9. The average Bonchev–Trinajstić information content (AvgIpc) is 2.96. The highest BCUT2D eigenvalue weighted by molar-refractivity contribution is 4.97. The van der Waals surface area contributed by atoms with E-state index in [0.29, 0.717) is 5.54 Å². The van der Waals surface area contributed by atoms with Gasteiger partial charge in [-0.15, -0.1) is 0 Å². The van der Waals surface area contributed by atoms with Gasteiger partial charge in [0.05, 0.1) is 0 Å². The number of nitrogens with zero attached hydrogens (tertiary/aromatic N) is 3. The lowest BCUT2D eigenvalue weighted by molar-refractivity contribution is 0.117. The molecule has 0 spiro atoms. The Morgan fingerprint density at radius 3 is 1.91 bits per heavy atom. The van der Waals surface area contributed by atoms with E-state index in [1.54, 1.807) is 0 Å². The van der Waals surface area contributed by atoms with Gasteiger partial charge >= 0.3 is 0 Å². The molecule has 3 aliphatic rings. The van der Waals surface area contributed by atoms with Crippen LogP contribution in [0.15, 0.2) is 0 Å². The van der Waals surface area contributed by atoms with Crippen LogP contribution < -0.4 is 0 Å². The van der Waals surface area contributed by atoms with Gasteiger partial charge in [0.25, 0.3) is 0 Å². The van der Waals surface area contributed by atoms with Crippen LogP contribution in [0.1, 0.15) is 47.5 Å². The third-order valence-electron chi connectivity index (χ3n) is 6.41. The molecule has 3 heterocycles. The molecule has 3 aliphatic heterocycles. The number of likely N-dealkylation sites (tertiary alicyclic amines) is 3. The van der Waals surface area contributed by atoms with Crippen LogP contribution in [-0.2, 0) is 0 Å². The molecule has 0 amide bonds. The molecule has 0 saturated carbocycles. The molecule has 2 atom stereocenters. The molecule has 0 radical (unpaired) electrons. The van der Waals surface area contributed by atoms with E-state index in [1.165, 1.54) is 58.7 Å². The number of rotatable bonds is 3. The van der Waals surface area contributed by atoms with Crippen molar-refractivity contribution in [2.45, 2.75) is 59.0 Å². The van der Waals surface area contributed by atoms with Crippen molar-refractivity contribution < 1.29 is 0 Å². The summed E-state index contributed by atoms with van der Waals surface area (Å²) in [6, 6.07) is 0.732. The van der Waals surface area contributed by atoms with Gasteiger partial charge in [-0.3, -0.25) is 4.90 Å². The first-order valence-electron chi connectivity index (χ1n) is 9.54. The third-order valence-corrected chi connectivity index (χ3v) is 6.41. The molecule has 0 aromatic carbocycles.